The molecular weight excluding hydrogens is 212 g/mol. The molecular formula is C14H28N2O. The zero-order valence-electron chi connectivity index (χ0n) is 11.7. The van der Waals surface area contributed by atoms with Crippen molar-refractivity contribution in [2.75, 3.05) is 26.2 Å². The van der Waals surface area contributed by atoms with Crippen molar-refractivity contribution in [2.24, 2.45) is 0 Å². The van der Waals surface area contributed by atoms with Gasteiger partial charge in [0.1, 0.15) is 0 Å². The van der Waals surface area contributed by atoms with Crippen LogP contribution in [-0.2, 0) is 4.74 Å². The number of nitrogens with one attached hydrogen (secondary N) is 1. The topological polar surface area (TPSA) is 24.5 Å². The Balaban J connectivity index is 1.97. The van der Waals surface area contributed by atoms with E-state index in [-0.39, 0.29) is 0 Å². The van der Waals surface area contributed by atoms with Gasteiger partial charge in [-0.05, 0) is 32.6 Å². The molecule has 0 bridgehead atoms. The van der Waals surface area contributed by atoms with Gasteiger partial charge in [-0.1, -0.05) is 13.8 Å². The lowest BCUT2D eigenvalue weighted by Gasteiger charge is -2.48. The molecule has 2 heterocycles. The maximum atomic E-state index is 5.80. The van der Waals surface area contributed by atoms with Gasteiger partial charge in [0.05, 0.1) is 6.10 Å². The monoisotopic (exact) mass is 240 g/mol. The summed E-state index contributed by atoms with van der Waals surface area (Å²) in [4.78, 5) is 2.67. The van der Waals surface area contributed by atoms with Crippen LogP contribution in [0.25, 0.3) is 0 Å². The lowest BCUT2D eigenvalue weighted by molar-refractivity contribution is -0.00235. The Hall–Kier alpha value is -0.120. The number of rotatable bonds is 4. The molecule has 2 fully saturated rings. The normalized spacial score (nSPS) is 39.7. The fraction of sp³-hybridized carbons (Fsp3) is 1.00. The van der Waals surface area contributed by atoms with E-state index in [0.717, 1.165) is 19.7 Å². The summed E-state index contributed by atoms with van der Waals surface area (Å²) in [7, 11) is 0. The van der Waals surface area contributed by atoms with E-state index in [0.29, 0.717) is 17.7 Å². The molecule has 100 valence electrons. The molecule has 2 aliphatic heterocycles. The summed E-state index contributed by atoms with van der Waals surface area (Å²) in [6.45, 7) is 11.4. The minimum absolute atomic E-state index is 0.317. The second-order valence-electron chi connectivity index (χ2n) is 5.88. The Bertz CT molecular complexity index is 240. The fourth-order valence-corrected chi connectivity index (χ4v) is 2.98. The van der Waals surface area contributed by atoms with E-state index < -0.39 is 0 Å². The number of hydrogen-bond donors (Lipinski definition) is 1. The molecule has 0 amide bonds. The van der Waals surface area contributed by atoms with Crippen LogP contribution in [-0.4, -0.2) is 48.8 Å². The standard InChI is InChI=1S/C14H28N2O/c1-4-12-9-16(10-13-7-6-8-17-13)14(3,5-2)11-15-12/h12-13,15H,4-11H2,1-3H3. The molecule has 2 rings (SSSR count). The molecule has 3 nitrogen and oxygen atoms in total. The summed E-state index contributed by atoms with van der Waals surface area (Å²) < 4.78 is 5.80. The van der Waals surface area contributed by atoms with Crippen LogP contribution in [0.2, 0.25) is 0 Å². The summed E-state index contributed by atoms with van der Waals surface area (Å²) in [5.74, 6) is 0. The summed E-state index contributed by atoms with van der Waals surface area (Å²) in [6, 6.07) is 0.663. The van der Waals surface area contributed by atoms with Crippen molar-refractivity contribution in [3.8, 4) is 0 Å². The van der Waals surface area contributed by atoms with Crippen molar-refractivity contribution in [2.45, 2.75) is 64.1 Å². The maximum Gasteiger partial charge on any atom is 0.0703 e. The van der Waals surface area contributed by atoms with Gasteiger partial charge in [0.15, 0.2) is 0 Å². The van der Waals surface area contributed by atoms with E-state index in [1.54, 1.807) is 0 Å². The van der Waals surface area contributed by atoms with E-state index in [9.17, 15) is 0 Å². The molecule has 0 aromatic heterocycles. The highest BCUT2D eigenvalue weighted by Crippen LogP contribution is 2.26. The molecule has 1 N–H and O–H groups in total. The van der Waals surface area contributed by atoms with E-state index in [1.165, 1.54) is 32.2 Å². The lowest BCUT2D eigenvalue weighted by atomic mass is 9.91. The van der Waals surface area contributed by atoms with Gasteiger partial charge in [-0.2, -0.15) is 0 Å². The van der Waals surface area contributed by atoms with Crippen molar-refractivity contribution < 1.29 is 4.74 Å². The average Bonchev–Trinajstić information content (AvgIpc) is 2.85. The number of ether oxygens (including phenoxy) is 1. The van der Waals surface area contributed by atoms with Crippen LogP contribution in [0.5, 0.6) is 0 Å². The summed E-state index contributed by atoms with van der Waals surface area (Å²) in [5, 5.41) is 3.68. The van der Waals surface area contributed by atoms with Crippen LogP contribution in [0.3, 0.4) is 0 Å². The summed E-state index contributed by atoms with van der Waals surface area (Å²) in [5.41, 5.74) is 0.317. The predicted molar refractivity (Wildman–Crippen MR) is 71.3 cm³/mol. The highest BCUT2D eigenvalue weighted by atomic mass is 16.5. The van der Waals surface area contributed by atoms with Gasteiger partial charge in [0.2, 0.25) is 0 Å². The van der Waals surface area contributed by atoms with Gasteiger partial charge in [0, 0.05) is 37.8 Å². The van der Waals surface area contributed by atoms with Gasteiger partial charge >= 0.3 is 0 Å². The van der Waals surface area contributed by atoms with Gasteiger partial charge < -0.3 is 10.1 Å². The van der Waals surface area contributed by atoms with Gasteiger partial charge in [0.25, 0.3) is 0 Å². The van der Waals surface area contributed by atoms with E-state index >= 15 is 0 Å². The molecule has 0 aromatic carbocycles. The Morgan fingerprint density at radius 3 is 2.82 bits per heavy atom. The Kier molecular flexibility index (Phi) is 4.45. The lowest BCUT2D eigenvalue weighted by Crippen LogP contribution is -2.64. The molecule has 3 atom stereocenters. The quantitative estimate of drug-likeness (QED) is 0.813. The molecule has 0 aromatic rings. The zero-order chi connectivity index (χ0) is 12.3. The van der Waals surface area contributed by atoms with Crippen molar-refractivity contribution >= 4 is 0 Å². The molecule has 0 spiro atoms. The highest BCUT2D eigenvalue weighted by Gasteiger charge is 2.37. The Labute approximate surface area is 106 Å². The third-order valence-corrected chi connectivity index (χ3v) is 4.68. The van der Waals surface area contributed by atoms with E-state index in [1.807, 2.05) is 0 Å². The van der Waals surface area contributed by atoms with Crippen LogP contribution >= 0.6 is 0 Å². The molecule has 0 radical (unpaired) electrons. The Morgan fingerprint density at radius 2 is 2.24 bits per heavy atom. The van der Waals surface area contributed by atoms with Crippen LogP contribution < -0.4 is 5.32 Å². The minimum atomic E-state index is 0.317. The van der Waals surface area contributed by atoms with Crippen LogP contribution in [0.15, 0.2) is 0 Å². The molecule has 0 saturated carbocycles. The molecule has 3 unspecified atom stereocenters. The van der Waals surface area contributed by atoms with Gasteiger partial charge in [-0.15, -0.1) is 0 Å². The highest BCUT2D eigenvalue weighted by molar-refractivity contribution is 4.95. The number of hydrogen-bond acceptors (Lipinski definition) is 3. The van der Waals surface area contributed by atoms with Crippen LogP contribution in [0.1, 0.15) is 46.5 Å². The van der Waals surface area contributed by atoms with Crippen molar-refractivity contribution in [1.29, 1.82) is 0 Å². The second kappa shape index (κ2) is 5.68. The second-order valence-corrected chi connectivity index (χ2v) is 5.88. The van der Waals surface area contributed by atoms with Crippen LogP contribution in [0, 0.1) is 0 Å². The van der Waals surface area contributed by atoms with Gasteiger partial charge in [-0.3, -0.25) is 4.90 Å². The predicted octanol–water partition coefficient (Wildman–Crippen LogP) is 2.02. The SMILES string of the molecule is CCC1CN(CC2CCCO2)C(C)(CC)CN1. The average molecular weight is 240 g/mol. The molecule has 0 aliphatic carbocycles. The summed E-state index contributed by atoms with van der Waals surface area (Å²) >= 11 is 0. The van der Waals surface area contributed by atoms with Crippen molar-refractivity contribution in [1.82, 2.24) is 10.2 Å². The van der Waals surface area contributed by atoms with E-state index in [4.69, 9.17) is 4.74 Å². The third-order valence-electron chi connectivity index (χ3n) is 4.68. The van der Waals surface area contributed by atoms with Crippen LogP contribution in [0.4, 0.5) is 0 Å². The molecule has 3 heteroatoms. The van der Waals surface area contributed by atoms with Gasteiger partial charge in [-0.25, -0.2) is 0 Å². The summed E-state index contributed by atoms with van der Waals surface area (Å²) in [6.07, 6.45) is 5.42. The first-order chi connectivity index (χ1) is 8.18. The maximum absolute atomic E-state index is 5.80. The largest absolute Gasteiger partial charge is 0.377 e. The first-order valence-corrected chi connectivity index (χ1v) is 7.28. The first-order valence-electron chi connectivity index (χ1n) is 7.28. The third kappa shape index (κ3) is 3.01. The number of piperazine rings is 1. The number of nitrogens with zero attached hydrogens (tertiary/aromatic N) is 1. The molecule has 2 aliphatic rings. The zero-order valence-corrected chi connectivity index (χ0v) is 11.7. The minimum Gasteiger partial charge on any atom is -0.377 e. The van der Waals surface area contributed by atoms with Crippen molar-refractivity contribution in [3.05, 3.63) is 0 Å². The molecule has 2 saturated heterocycles. The molecule has 17 heavy (non-hydrogen) atoms. The fourth-order valence-electron chi connectivity index (χ4n) is 2.98. The smallest absolute Gasteiger partial charge is 0.0703 e. The van der Waals surface area contributed by atoms with E-state index in [2.05, 4.69) is 31.0 Å². The first kappa shape index (κ1) is 13.3. The van der Waals surface area contributed by atoms with Crippen molar-refractivity contribution in [3.63, 3.8) is 0 Å². The Morgan fingerprint density at radius 1 is 1.41 bits per heavy atom.